The second-order valence-electron chi connectivity index (χ2n) is 4.91. The molecule has 0 spiro atoms. The van der Waals surface area contributed by atoms with E-state index in [1.54, 1.807) is 0 Å². The fourth-order valence-electron chi connectivity index (χ4n) is 2.12. The van der Waals surface area contributed by atoms with E-state index in [2.05, 4.69) is 19.2 Å². The second kappa shape index (κ2) is 6.21. The van der Waals surface area contributed by atoms with Crippen LogP contribution in [-0.2, 0) is 9.53 Å². The highest BCUT2D eigenvalue weighted by Gasteiger charge is 2.31. The average molecular weight is 228 g/mol. The van der Waals surface area contributed by atoms with Gasteiger partial charge in [-0.15, -0.1) is 0 Å². The van der Waals surface area contributed by atoms with Crippen molar-refractivity contribution in [2.24, 2.45) is 17.6 Å². The summed E-state index contributed by atoms with van der Waals surface area (Å²) in [6.45, 7) is 7.48. The van der Waals surface area contributed by atoms with E-state index in [9.17, 15) is 4.79 Å². The van der Waals surface area contributed by atoms with Gasteiger partial charge in [0, 0.05) is 12.6 Å². The van der Waals surface area contributed by atoms with Crippen molar-refractivity contribution in [3.05, 3.63) is 0 Å². The predicted octanol–water partition coefficient (Wildman–Crippen LogP) is 0.901. The van der Waals surface area contributed by atoms with Gasteiger partial charge in [0.2, 0.25) is 5.91 Å². The Kier molecular flexibility index (Phi) is 5.22. The minimum Gasteiger partial charge on any atom is -0.378 e. The molecule has 94 valence electrons. The zero-order valence-corrected chi connectivity index (χ0v) is 10.5. The minimum absolute atomic E-state index is 0.0130. The molecule has 0 aromatic carbocycles. The van der Waals surface area contributed by atoms with Crippen LogP contribution in [0.15, 0.2) is 0 Å². The molecular formula is C12H24N2O2. The summed E-state index contributed by atoms with van der Waals surface area (Å²) in [5, 5.41) is 3.09. The quantitative estimate of drug-likeness (QED) is 0.735. The van der Waals surface area contributed by atoms with Crippen LogP contribution in [0.25, 0.3) is 0 Å². The number of hydrogen-bond acceptors (Lipinski definition) is 3. The summed E-state index contributed by atoms with van der Waals surface area (Å²) >= 11 is 0. The third-order valence-electron chi connectivity index (χ3n) is 3.32. The van der Waals surface area contributed by atoms with Crippen molar-refractivity contribution in [3.8, 4) is 0 Å². The average Bonchev–Trinajstić information content (AvgIpc) is 2.63. The summed E-state index contributed by atoms with van der Waals surface area (Å²) in [5.74, 6) is 0.557. The van der Waals surface area contributed by atoms with Crippen molar-refractivity contribution in [1.29, 1.82) is 0 Å². The molecule has 1 heterocycles. The monoisotopic (exact) mass is 228 g/mol. The molecule has 0 aromatic rings. The highest BCUT2D eigenvalue weighted by Crippen LogP contribution is 2.21. The zero-order chi connectivity index (χ0) is 12.1. The molecule has 0 radical (unpaired) electrons. The number of nitrogens with two attached hydrogens (primary N) is 1. The van der Waals surface area contributed by atoms with Crippen LogP contribution in [0.1, 0.15) is 33.6 Å². The SMILES string of the molecule is CC(C)C(CCN)NC(=O)C1CCOC1C. The van der Waals surface area contributed by atoms with E-state index < -0.39 is 0 Å². The Bertz CT molecular complexity index is 231. The molecule has 1 aliphatic heterocycles. The molecule has 1 saturated heterocycles. The van der Waals surface area contributed by atoms with Gasteiger partial charge in [-0.25, -0.2) is 0 Å². The van der Waals surface area contributed by atoms with E-state index >= 15 is 0 Å². The summed E-state index contributed by atoms with van der Waals surface area (Å²) in [7, 11) is 0. The van der Waals surface area contributed by atoms with Crippen LogP contribution in [0.5, 0.6) is 0 Å². The lowest BCUT2D eigenvalue weighted by atomic mass is 9.97. The van der Waals surface area contributed by atoms with Crippen molar-refractivity contribution >= 4 is 5.91 Å². The lowest BCUT2D eigenvalue weighted by Crippen LogP contribution is -2.44. The molecular weight excluding hydrogens is 204 g/mol. The number of nitrogens with one attached hydrogen (secondary N) is 1. The van der Waals surface area contributed by atoms with Crippen molar-refractivity contribution < 1.29 is 9.53 Å². The first-order valence-corrected chi connectivity index (χ1v) is 6.18. The van der Waals surface area contributed by atoms with E-state index in [0.29, 0.717) is 19.1 Å². The van der Waals surface area contributed by atoms with Crippen LogP contribution < -0.4 is 11.1 Å². The Morgan fingerprint density at radius 1 is 1.56 bits per heavy atom. The zero-order valence-electron chi connectivity index (χ0n) is 10.5. The number of rotatable bonds is 5. The van der Waals surface area contributed by atoms with Gasteiger partial charge in [0.05, 0.1) is 12.0 Å². The van der Waals surface area contributed by atoms with Gasteiger partial charge in [-0.1, -0.05) is 13.8 Å². The van der Waals surface area contributed by atoms with Crippen LogP contribution in [0.3, 0.4) is 0 Å². The van der Waals surface area contributed by atoms with Crippen molar-refractivity contribution in [3.63, 3.8) is 0 Å². The molecule has 4 nitrogen and oxygen atoms in total. The summed E-state index contributed by atoms with van der Waals surface area (Å²) < 4.78 is 5.40. The first-order chi connectivity index (χ1) is 7.56. The largest absolute Gasteiger partial charge is 0.378 e. The van der Waals surface area contributed by atoms with E-state index in [1.165, 1.54) is 0 Å². The molecule has 0 aliphatic carbocycles. The van der Waals surface area contributed by atoms with E-state index in [0.717, 1.165) is 12.8 Å². The van der Waals surface area contributed by atoms with E-state index in [4.69, 9.17) is 10.5 Å². The molecule has 0 saturated carbocycles. The van der Waals surface area contributed by atoms with Crippen LogP contribution in [0.4, 0.5) is 0 Å². The van der Waals surface area contributed by atoms with Gasteiger partial charge >= 0.3 is 0 Å². The van der Waals surface area contributed by atoms with Crippen molar-refractivity contribution in [2.75, 3.05) is 13.2 Å². The maximum absolute atomic E-state index is 12.0. The summed E-state index contributed by atoms with van der Waals surface area (Å²) in [4.78, 5) is 12.0. The summed E-state index contributed by atoms with van der Waals surface area (Å²) in [6.07, 6.45) is 1.72. The summed E-state index contributed by atoms with van der Waals surface area (Å²) in [5.41, 5.74) is 5.55. The third kappa shape index (κ3) is 3.46. The van der Waals surface area contributed by atoms with Gasteiger partial charge in [-0.3, -0.25) is 4.79 Å². The first-order valence-electron chi connectivity index (χ1n) is 6.18. The molecule has 16 heavy (non-hydrogen) atoms. The maximum atomic E-state index is 12.0. The highest BCUT2D eigenvalue weighted by atomic mass is 16.5. The van der Waals surface area contributed by atoms with Crippen LogP contribution in [0.2, 0.25) is 0 Å². The molecule has 4 heteroatoms. The van der Waals surface area contributed by atoms with Gasteiger partial charge in [0.15, 0.2) is 0 Å². The van der Waals surface area contributed by atoms with Crippen molar-refractivity contribution in [2.45, 2.75) is 45.8 Å². The molecule has 3 unspecified atom stereocenters. The molecule has 3 atom stereocenters. The number of ether oxygens (including phenoxy) is 1. The second-order valence-corrected chi connectivity index (χ2v) is 4.91. The smallest absolute Gasteiger partial charge is 0.226 e. The number of hydrogen-bond donors (Lipinski definition) is 2. The molecule has 0 bridgehead atoms. The van der Waals surface area contributed by atoms with Crippen LogP contribution in [0, 0.1) is 11.8 Å². The fourth-order valence-corrected chi connectivity index (χ4v) is 2.12. The predicted molar refractivity (Wildman–Crippen MR) is 64.0 cm³/mol. The van der Waals surface area contributed by atoms with Crippen molar-refractivity contribution in [1.82, 2.24) is 5.32 Å². The Morgan fingerprint density at radius 3 is 2.69 bits per heavy atom. The number of carbonyl (C=O) groups excluding carboxylic acids is 1. The Balaban J connectivity index is 2.47. The first kappa shape index (κ1) is 13.5. The van der Waals surface area contributed by atoms with Gasteiger partial charge in [0.1, 0.15) is 0 Å². The maximum Gasteiger partial charge on any atom is 0.226 e. The Labute approximate surface area is 97.9 Å². The third-order valence-corrected chi connectivity index (χ3v) is 3.32. The van der Waals surface area contributed by atoms with Gasteiger partial charge in [-0.2, -0.15) is 0 Å². The lowest BCUT2D eigenvalue weighted by Gasteiger charge is -2.24. The molecule has 1 fully saturated rings. The Morgan fingerprint density at radius 2 is 2.25 bits per heavy atom. The topological polar surface area (TPSA) is 64.3 Å². The number of amides is 1. The molecule has 1 rings (SSSR count). The highest BCUT2D eigenvalue weighted by molar-refractivity contribution is 5.79. The van der Waals surface area contributed by atoms with Gasteiger partial charge in [0.25, 0.3) is 0 Å². The normalized spacial score (nSPS) is 27.1. The lowest BCUT2D eigenvalue weighted by molar-refractivity contribution is -0.127. The van der Waals surface area contributed by atoms with Crippen LogP contribution in [-0.4, -0.2) is 31.2 Å². The molecule has 1 amide bonds. The van der Waals surface area contributed by atoms with Gasteiger partial charge in [-0.05, 0) is 32.2 Å². The standard InChI is InChI=1S/C12H24N2O2/c1-8(2)11(4-6-13)14-12(15)10-5-7-16-9(10)3/h8-11H,4-7,13H2,1-3H3,(H,14,15). The van der Waals surface area contributed by atoms with E-state index in [1.807, 2.05) is 6.92 Å². The summed E-state index contributed by atoms with van der Waals surface area (Å²) in [6, 6.07) is 0.185. The fraction of sp³-hybridized carbons (Fsp3) is 0.917. The minimum atomic E-state index is 0.0130. The Hall–Kier alpha value is -0.610. The molecule has 3 N–H and O–H groups in total. The van der Waals surface area contributed by atoms with Gasteiger partial charge < -0.3 is 15.8 Å². The van der Waals surface area contributed by atoms with Crippen LogP contribution >= 0.6 is 0 Å². The number of carbonyl (C=O) groups is 1. The van der Waals surface area contributed by atoms with E-state index in [-0.39, 0.29) is 24.0 Å². The molecule has 0 aromatic heterocycles. The molecule has 1 aliphatic rings.